The first-order chi connectivity index (χ1) is 8.76. The van der Waals surface area contributed by atoms with Crippen molar-refractivity contribution >= 4 is 0 Å². The Balaban J connectivity index is 2.37. The summed E-state index contributed by atoms with van der Waals surface area (Å²) >= 11 is 0. The molecule has 0 bridgehead atoms. The molecule has 2 aromatic rings. The van der Waals surface area contributed by atoms with Gasteiger partial charge in [0.2, 0.25) is 0 Å². The minimum Gasteiger partial charge on any atom is -0.313 e. The molecule has 18 heavy (non-hydrogen) atoms. The highest BCUT2D eigenvalue weighted by atomic mass is 15.1. The van der Waals surface area contributed by atoms with E-state index in [0.29, 0.717) is 0 Å². The van der Waals surface area contributed by atoms with E-state index in [1.165, 1.54) is 16.8 Å². The number of nitrogens with one attached hydrogen (secondary N) is 1. The summed E-state index contributed by atoms with van der Waals surface area (Å²) in [7, 11) is 0. The van der Waals surface area contributed by atoms with Gasteiger partial charge in [-0.1, -0.05) is 26.0 Å². The molecule has 1 aromatic heterocycles. The Morgan fingerprint density at radius 2 is 2.11 bits per heavy atom. The number of rotatable bonds is 5. The number of nitrogens with zero attached hydrogens (tertiary/aromatic N) is 2. The van der Waals surface area contributed by atoms with Gasteiger partial charge in [-0.2, -0.15) is 0 Å². The van der Waals surface area contributed by atoms with Crippen LogP contribution in [0.3, 0.4) is 0 Å². The SMILES string of the molecule is CCNCc1ccc(C)c(-n2ccnc2CC)c1. The fraction of sp³-hybridized carbons (Fsp3) is 0.400. The number of imidazole rings is 1. The van der Waals surface area contributed by atoms with Crippen LogP contribution in [0.2, 0.25) is 0 Å². The van der Waals surface area contributed by atoms with Gasteiger partial charge in [0.05, 0.1) is 0 Å². The van der Waals surface area contributed by atoms with Gasteiger partial charge in [-0.15, -0.1) is 0 Å². The molecule has 0 unspecified atom stereocenters. The summed E-state index contributed by atoms with van der Waals surface area (Å²) in [5.74, 6) is 1.11. The molecule has 1 heterocycles. The smallest absolute Gasteiger partial charge is 0.112 e. The quantitative estimate of drug-likeness (QED) is 0.875. The summed E-state index contributed by atoms with van der Waals surface area (Å²) in [4.78, 5) is 4.39. The van der Waals surface area contributed by atoms with Crippen LogP contribution >= 0.6 is 0 Å². The maximum atomic E-state index is 4.39. The Bertz CT molecular complexity index is 514. The average molecular weight is 243 g/mol. The molecule has 1 N–H and O–H groups in total. The van der Waals surface area contributed by atoms with E-state index >= 15 is 0 Å². The number of hydrogen-bond acceptors (Lipinski definition) is 2. The Morgan fingerprint density at radius 1 is 1.28 bits per heavy atom. The highest BCUT2D eigenvalue weighted by molar-refractivity contribution is 5.44. The molecule has 0 spiro atoms. The maximum absolute atomic E-state index is 4.39. The number of benzene rings is 1. The van der Waals surface area contributed by atoms with Crippen LogP contribution in [0, 0.1) is 6.92 Å². The van der Waals surface area contributed by atoms with Crippen LogP contribution in [0.4, 0.5) is 0 Å². The number of aryl methyl sites for hydroxylation is 2. The van der Waals surface area contributed by atoms with E-state index in [2.05, 4.69) is 53.8 Å². The van der Waals surface area contributed by atoms with Gasteiger partial charge in [0, 0.05) is 31.0 Å². The second-order valence-electron chi connectivity index (χ2n) is 4.47. The van der Waals surface area contributed by atoms with Crippen molar-refractivity contribution in [3.63, 3.8) is 0 Å². The predicted molar refractivity (Wildman–Crippen MR) is 75.1 cm³/mol. The third-order valence-corrected chi connectivity index (χ3v) is 3.15. The van der Waals surface area contributed by atoms with Crippen LogP contribution in [-0.2, 0) is 13.0 Å². The predicted octanol–water partition coefficient (Wildman–Crippen LogP) is 2.85. The normalized spacial score (nSPS) is 10.8. The molecule has 0 radical (unpaired) electrons. The minimum absolute atomic E-state index is 0.917. The van der Waals surface area contributed by atoms with Gasteiger partial charge in [-0.05, 0) is 30.7 Å². The van der Waals surface area contributed by atoms with Gasteiger partial charge in [0.1, 0.15) is 5.82 Å². The second kappa shape index (κ2) is 5.83. The van der Waals surface area contributed by atoms with Crippen LogP contribution in [-0.4, -0.2) is 16.1 Å². The van der Waals surface area contributed by atoms with Crippen molar-refractivity contribution in [1.82, 2.24) is 14.9 Å². The van der Waals surface area contributed by atoms with Crippen molar-refractivity contribution in [3.05, 3.63) is 47.5 Å². The van der Waals surface area contributed by atoms with Gasteiger partial charge in [0.15, 0.2) is 0 Å². The summed E-state index contributed by atoms with van der Waals surface area (Å²) in [6, 6.07) is 6.62. The lowest BCUT2D eigenvalue weighted by Gasteiger charge is -2.12. The van der Waals surface area contributed by atoms with Gasteiger partial charge in [0.25, 0.3) is 0 Å². The Labute approximate surface area is 109 Å². The van der Waals surface area contributed by atoms with Gasteiger partial charge >= 0.3 is 0 Å². The molecule has 0 atom stereocenters. The molecule has 1 aromatic carbocycles. The molecule has 3 heteroatoms. The zero-order valence-electron chi connectivity index (χ0n) is 11.4. The van der Waals surface area contributed by atoms with E-state index in [1.807, 2.05) is 12.4 Å². The summed E-state index contributed by atoms with van der Waals surface area (Å²) in [5.41, 5.74) is 3.83. The monoisotopic (exact) mass is 243 g/mol. The molecule has 2 rings (SSSR count). The zero-order valence-corrected chi connectivity index (χ0v) is 11.4. The maximum Gasteiger partial charge on any atom is 0.112 e. The van der Waals surface area contributed by atoms with Crippen molar-refractivity contribution in [2.24, 2.45) is 0 Å². The number of hydrogen-bond donors (Lipinski definition) is 1. The first-order valence-corrected chi connectivity index (χ1v) is 6.59. The molecular formula is C15H21N3. The zero-order chi connectivity index (χ0) is 13.0. The van der Waals surface area contributed by atoms with E-state index in [4.69, 9.17) is 0 Å². The Kier molecular flexibility index (Phi) is 4.15. The molecule has 0 saturated heterocycles. The fourth-order valence-electron chi connectivity index (χ4n) is 2.11. The fourth-order valence-corrected chi connectivity index (χ4v) is 2.11. The van der Waals surface area contributed by atoms with Crippen LogP contribution in [0.5, 0.6) is 0 Å². The summed E-state index contributed by atoms with van der Waals surface area (Å²) < 4.78 is 2.19. The highest BCUT2D eigenvalue weighted by Gasteiger charge is 2.06. The van der Waals surface area contributed by atoms with Crippen LogP contribution < -0.4 is 5.32 Å². The summed E-state index contributed by atoms with van der Waals surface area (Å²) in [6.07, 6.45) is 4.86. The second-order valence-corrected chi connectivity index (χ2v) is 4.47. The first-order valence-electron chi connectivity index (χ1n) is 6.59. The van der Waals surface area contributed by atoms with Crippen molar-refractivity contribution in [1.29, 1.82) is 0 Å². The molecule has 0 saturated carbocycles. The third kappa shape index (κ3) is 2.62. The van der Waals surface area contributed by atoms with Crippen molar-refractivity contribution < 1.29 is 0 Å². The Morgan fingerprint density at radius 3 is 2.83 bits per heavy atom. The molecule has 0 aliphatic heterocycles. The molecule has 0 amide bonds. The molecule has 0 fully saturated rings. The Hall–Kier alpha value is -1.61. The lowest BCUT2D eigenvalue weighted by Crippen LogP contribution is -2.12. The first kappa shape index (κ1) is 12.8. The van der Waals surface area contributed by atoms with Crippen LogP contribution in [0.25, 0.3) is 5.69 Å². The molecule has 0 aliphatic carbocycles. The number of aromatic nitrogens is 2. The molecular weight excluding hydrogens is 222 g/mol. The van der Waals surface area contributed by atoms with Gasteiger partial charge in [-0.25, -0.2) is 4.98 Å². The van der Waals surface area contributed by atoms with Gasteiger partial charge in [-0.3, -0.25) is 0 Å². The highest BCUT2D eigenvalue weighted by Crippen LogP contribution is 2.18. The van der Waals surface area contributed by atoms with E-state index in [0.717, 1.165) is 25.3 Å². The molecule has 0 aliphatic rings. The van der Waals surface area contributed by atoms with E-state index < -0.39 is 0 Å². The average Bonchev–Trinajstić information content (AvgIpc) is 2.86. The van der Waals surface area contributed by atoms with Crippen LogP contribution in [0.15, 0.2) is 30.6 Å². The molecule has 3 nitrogen and oxygen atoms in total. The van der Waals surface area contributed by atoms with Crippen molar-refractivity contribution in [2.75, 3.05) is 6.54 Å². The summed E-state index contributed by atoms with van der Waals surface area (Å²) in [5, 5.41) is 3.36. The largest absolute Gasteiger partial charge is 0.313 e. The standard InChI is InChI=1S/C15H21N3/c1-4-15-17-8-9-18(15)14-10-13(11-16-5-2)7-6-12(14)3/h6-10,16H,4-5,11H2,1-3H3. The third-order valence-electron chi connectivity index (χ3n) is 3.15. The van der Waals surface area contributed by atoms with E-state index in [9.17, 15) is 0 Å². The van der Waals surface area contributed by atoms with E-state index in [1.54, 1.807) is 0 Å². The van der Waals surface area contributed by atoms with Crippen molar-refractivity contribution in [3.8, 4) is 5.69 Å². The minimum atomic E-state index is 0.917. The summed E-state index contributed by atoms with van der Waals surface area (Å²) in [6.45, 7) is 8.32. The molecule has 96 valence electrons. The van der Waals surface area contributed by atoms with Crippen LogP contribution in [0.1, 0.15) is 30.8 Å². The van der Waals surface area contributed by atoms with E-state index in [-0.39, 0.29) is 0 Å². The van der Waals surface area contributed by atoms with Crippen molar-refractivity contribution in [2.45, 2.75) is 33.7 Å². The lowest BCUT2D eigenvalue weighted by atomic mass is 10.1. The van der Waals surface area contributed by atoms with Gasteiger partial charge < -0.3 is 9.88 Å². The topological polar surface area (TPSA) is 29.9 Å². The lowest BCUT2D eigenvalue weighted by molar-refractivity contribution is 0.725.